The van der Waals surface area contributed by atoms with E-state index in [1.165, 1.54) is 5.56 Å². The van der Waals surface area contributed by atoms with Gasteiger partial charge in [-0.25, -0.2) is 4.79 Å². The molecule has 4 aromatic rings. The van der Waals surface area contributed by atoms with Gasteiger partial charge in [-0.2, -0.15) is 0 Å². The lowest BCUT2D eigenvalue weighted by Crippen LogP contribution is -2.36. The summed E-state index contributed by atoms with van der Waals surface area (Å²) >= 11 is 0. The molecular weight excluding hydrogens is 428 g/mol. The number of amides is 2. The predicted octanol–water partition coefficient (Wildman–Crippen LogP) is 5.22. The molecule has 0 unspecified atom stereocenters. The highest BCUT2D eigenvalue weighted by atomic mass is 16.5. The number of hydrogen-bond donors (Lipinski definition) is 1. The summed E-state index contributed by atoms with van der Waals surface area (Å²) in [6, 6.07) is 25.6. The smallest absolute Gasteiger partial charge is 0.323 e. The topological polar surface area (TPSA) is 70.8 Å². The van der Waals surface area contributed by atoms with Crippen molar-refractivity contribution in [3.8, 4) is 11.5 Å². The fourth-order valence-corrected chi connectivity index (χ4v) is 5.13. The fraction of sp³-hybridized carbons (Fsp3) is 0.259. The predicted molar refractivity (Wildman–Crippen MR) is 130 cm³/mol. The highest BCUT2D eigenvalue weighted by Gasteiger charge is 2.41. The van der Waals surface area contributed by atoms with Crippen LogP contribution in [0.2, 0.25) is 0 Å². The van der Waals surface area contributed by atoms with Crippen LogP contribution in [0, 0.1) is 11.8 Å². The Morgan fingerprint density at radius 3 is 2.47 bits per heavy atom. The number of hydrogen-bond acceptors (Lipinski definition) is 5. The molecule has 2 fully saturated rings. The largest absolute Gasteiger partial charge is 0.457 e. The van der Waals surface area contributed by atoms with Gasteiger partial charge >= 0.3 is 6.03 Å². The van der Waals surface area contributed by atoms with Crippen LogP contribution in [-0.2, 0) is 6.54 Å². The third-order valence-electron chi connectivity index (χ3n) is 6.74. The van der Waals surface area contributed by atoms with Gasteiger partial charge in [-0.1, -0.05) is 47.6 Å². The van der Waals surface area contributed by atoms with Gasteiger partial charge in [0.15, 0.2) is 11.4 Å². The summed E-state index contributed by atoms with van der Waals surface area (Å²) in [5.74, 6) is 3.16. The maximum atomic E-state index is 12.9. The number of benzene rings is 3. The highest BCUT2D eigenvalue weighted by Crippen LogP contribution is 2.33. The number of likely N-dealkylation sites (tertiary alicyclic amines) is 2. The van der Waals surface area contributed by atoms with E-state index in [4.69, 9.17) is 9.26 Å². The minimum atomic E-state index is -0.106. The molecule has 2 atom stereocenters. The Balaban J connectivity index is 1.04. The Morgan fingerprint density at radius 1 is 0.912 bits per heavy atom. The van der Waals surface area contributed by atoms with Crippen molar-refractivity contribution in [2.75, 3.05) is 31.5 Å². The molecule has 0 aliphatic carbocycles. The second kappa shape index (κ2) is 8.83. The normalized spacial score (nSPS) is 19.9. The van der Waals surface area contributed by atoms with Crippen LogP contribution in [0.5, 0.6) is 11.5 Å². The number of para-hydroxylation sites is 2. The average molecular weight is 455 g/mol. The zero-order chi connectivity index (χ0) is 22.9. The first-order valence-electron chi connectivity index (χ1n) is 11.7. The molecule has 0 saturated carbocycles. The SMILES string of the molecule is O=C(Nc1noc2ccccc12)N1C[C@H]2CN(Cc3cccc(Oc4ccccc4)c3)C[C@H]2C1. The number of rotatable bonds is 5. The van der Waals surface area contributed by atoms with Crippen molar-refractivity contribution >= 4 is 22.8 Å². The molecule has 6 rings (SSSR count). The fourth-order valence-electron chi connectivity index (χ4n) is 5.13. The molecule has 7 heteroatoms. The maximum absolute atomic E-state index is 12.9. The van der Waals surface area contributed by atoms with Crippen molar-refractivity contribution in [1.29, 1.82) is 0 Å². The molecule has 2 aliphatic rings. The zero-order valence-corrected chi connectivity index (χ0v) is 18.8. The minimum absolute atomic E-state index is 0.106. The molecule has 3 aromatic carbocycles. The summed E-state index contributed by atoms with van der Waals surface area (Å²) in [4.78, 5) is 17.2. The molecule has 3 heterocycles. The molecule has 2 amide bonds. The van der Waals surface area contributed by atoms with E-state index in [0.29, 0.717) is 23.2 Å². The second-order valence-electron chi connectivity index (χ2n) is 9.14. The molecule has 1 N–H and O–H groups in total. The van der Waals surface area contributed by atoms with Crippen LogP contribution in [-0.4, -0.2) is 47.2 Å². The molecule has 2 saturated heterocycles. The van der Waals surface area contributed by atoms with Gasteiger partial charge in [0.25, 0.3) is 0 Å². The first kappa shape index (κ1) is 20.7. The van der Waals surface area contributed by atoms with Crippen molar-refractivity contribution < 1.29 is 14.1 Å². The highest BCUT2D eigenvalue weighted by molar-refractivity contribution is 5.98. The van der Waals surface area contributed by atoms with Crippen LogP contribution < -0.4 is 10.1 Å². The number of carbonyl (C=O) groups excluding carboxylic acids is 1. The third kappa shape index (κ3) is 4.22. The van der Waals surface area contributed by atoms with Gasteiger partial charge in [-0.15, -0.1) is 0 Å². The Kier molecular flexibility index (Phi) is 5.39. The number of nitrogens with zero attached hydrogens (tertiary/aromatic N) is 3. The lowest BCUT2D eigenvalue weighted by atomic mass is 10.0. The molecule has 0 radical (unpaired) electrons. The molecule has 172 valence electrons. The summed E-state index contributed by atoms with van der Waals surface area (Å²) in [6.07, 6.45) is 0. The quantitative estimate of drug-likeness (QED) is 0.448. The third-order valence-corrected chi connectivity index (χ3v) is 6.74. The molecule has 2 aliphatic heterocycles. The summed E-state index contributed by atoms with van der Waals surface area (Å²) in [7, 11) is 0. The first-order valence-corrected chi connectivity index (χ1v) is 11.7. The molecular formula is C27H26N4O3. The van der Waals surface area contributed by atoms with Gasteiger partial charge in [-0.3, -0.25) is 10.2 Å². The Bertz CT molecular complexity index is 1290. The van der Waals surface area contributed by atoms with E-state index < -0.39 is 0 Å². The van der Waals surface area contributed by atoms with E-state index in [0.717, 1.165) is 49.6 Å². The summed E-state index contributed by atoms with van der Waals surface area (Å²) in [6.45, 7) is 4.40. The lowest BCUT2D eigenvalue weighted by molar-refractivity contribution is 0.211. The van der Waals surface area contributed by atoms with E-state index in [1.54, 1.807) is 0 Å². The van der Waals surface area contributed by atoms with Crippen molar-refractivity contribution in [3.63, 3.8) is 0 Å². The lowest BCUT2D eigenvalue weighted by Gasteiger charge is -2.21. The second-order valence-corrected chi connectivity index (χ2v) is 9.14. The van der Waals surface area contributed by atoms with E-state index in [-0.39, 0.29) is 6.03 Å². The van der Waals surface area contributed by atoms with Crippen molar-refractivity contribution in [2.24, 2.45) is 11.8 Å². The number of carbonyl (C=O) groups is 1. The van der Waals surface area contributed by atoms with Gasteiger partial charge in [0, 0.05) is 32.7 Å². The maximum Gasteiger partial charge on any atom is 0.323 e. The molecule has 34 heavy (non-hydrogen) atoms. The van der Waals surface area contributed by atoms with Crippen LogP contribution in [0.4, 0.5) is 10.6 Å². The van der Waals surface area contributed by atoms with Crippen LogP contribution in [0.25, 0.3) is 11.0 Å². The van der Waals surface area contributed by atoms with Gasteiger partial charge in [0.1, 0.15) is 11.5 Å². The molecule has 7 nitrogen and oxygen atoms in total. The molecule has 1 aromatic heterocycles. The van der Waals surface area contributed by atoms with Gasteiger partial charge in [-0.05, 0) is 53.8 Å². The number of aromatic nitrogens is 1. The number of nitrogens with one attached hydrogen (secondary N) is 1. The monoisotopic (exact) mass is 454 g/mol. The van der Waals surface area contributed by atoms with E-state index in [1.807, 2.05) is 71.6 Å². The van der Waals surface area contributed by atoms with Crippen molar-refractivity contribution in [2.45, 2.75) is 6.54 Å². The van der Waals surface area contributed by atoms with Crippen molar-refractivity contribution in [1.82, 2.24) is 15.0 Å². The Hall–Kier alpha value is -3.84. The van der Waals surface area contributed by atoms with Crippen molar-refractivity contribution in [3.05, 3.63) is 84.4 Å². The van der Waals surface area contributed by atoms with E-state index in [2.05, 4.69) is 27.5 Å². The molecule has 0 spiro atoms. The number of anilines is 1. The first-order chi connectivity index (χ1) is 16.7. The standard InChI is InChI=1S/C27H26N4O3/c32-27(28-26-24-11-4-5-12-25(24)34-29-26)31-17-20-15-30(16-21(20)18-31)14-19-7-6-10-23(13-19)33-22-8-2-1-3-9-22/h1-13,20-21H,14-18H2,(H,28,29,32)/t20-,21+. The van der Waals surface area contributed by atoms with Crippen LogP contribution >= 0.6 is 0 Å². The Morgan fingerprint density at radius 2 is 1.65 bits per heavy atom. The summed E-state index contributed by atoms with van der Waals surface area (Å²) in [5, 5.41) is 7.77. The number of fused-ring (bicyclic) bond motifs is 2. The van der Waals surface area contributed by atoms with Gasteiger partial charge in [0.2, 0.25) is 0 Å². The summed E-state index contributed by atoms with van der Waals surface area (Å²) in [5.41, 5.74) is 1.91. The van der Waals surface area contributed by atoms with Gasteiger partial charge in [0.05, 0.1) is 5.39 Å². The van der Waals surface area contributed by atoms with Gasteiger partial charge < -0.3 is 14.2 Å². The zero-order valence-electron chi connectivity index (χ0n) is 18.8. The minimum Gasteiger partial charge on any atom is -0.457 e. The molecule has 0 bridgehead atoms. The Labute approximate surface area is 197 Å². The number of urea groups is 1. The van der Waals surface area contributed by atoms with E-state index in [9.17, 15) is 4.79 Å². The average Bonchev–Trinajstić information content (AvgIpc) is 3.54. The van der Waals surface area contributed by atoms with Crippen LogP contribution in [0.15, 0.2) is 83.4 Å². The van der Waals surface area contributed by atoms with Crippen LogP contribution in [0.3, 0.4) is 0 Å². The van der Waals surface area contributed by atoms with Crippen LogP contribution in [0.1, 0.15) is 5.56 Å². The summed E-state index contributed by atoms with van der Waals surface area (Å²) < 4.78 is 11.3. The number of ether oxygens (including phenoxy) is 1. The van der Waals surface area contributed by atoms with E-state index >= 15 is 0 Å².